The number of halogens is 1. The summed E-state index contributed by atoms with van der Waals surface area (Å²) in [4.78, 5) is 12.4. The van der Waals surface area contributed by atoms with Gasteiger partial charge < -0.3 is 10.6 Å². The van der Waals surface area contributed by atoms with Crippen LogP contribution in [-0.4, -0.2) is 32.4 Å². The Labute approximate surface area is 128 Å². The molecule has 0 unspecified atom stereocenters. The van der Waals surface area contributed by atoms with E-state index in [-0.39, 0.29) is 24.4 Å². The number of amides is 1. The highest BCUT2D eigenvalue weighted by Crippen LogP contribution is 2.18. The second kappa shape index (κ2) is 6.28. The molecule has 3 N–H and O–H groups in total. The number of hydrogen-bond acceptors (Lipinski definition) is 4. The Morgan fingerprint density at radius 2 is 2.29 bits per heavy atom. The number of aromatic nitrogens is 4. The number of hydrogen-bond donors (Lipinski definition) is 3. The molecule has 21 heavy (non-hydrogen) atoms. The molecule has 3 heterocycles. The Morgan fingerprint density at radius 1 is 1.48 bits per heavy atom. The lowest BCUT2D eigenvalue weighted by Gasteiger charge is -2.14. The van der Waals surface area contributed by atoms with Gasteiger partial charge in [-0.05, 0) is 13.8 Å². The van der Waals surface area contributed by atoms with Crippen molar-refractivity contribution in [2.45, 2.75) is 32.9 Å². The van der Waals surface area contributed by atoms with Crippen LogP contribution in [-0.2, 0) is 13.0 Å². The number of fused-ring (bicyclic) bond motifs is 1. The third kappa shape index (κ3) is 2.93. The van der Waals surface area contributed by atoms with Gasteiger partial charge in [0.2, 0.25) is 0 Å². The third-order valence-electron chi connectivity index (χ3n) is 3.42. The van der Waals surface area contributed by atoms with Crippen LogP contribution in [0, 0.1) is 0 Å². The van der Waals surface area contributed by atoms with Crippen molar-refractivity contribution in [2.24, 2.45) is 0 Å². The molecule has 0 bridgehead atoms. The van der Waals surface area contributed by atoms with E-state index in [9.17, 15) is 4.79 Å². The van der Waals surface area contributed by atoms with Crippen molar-refractivity contribution in [1.29, 1.82) is 0 Å². The van der Waals surface area contributed by atoms with Crippen molar-refractivity contribution in [3.63, 3.8) is 0 Å². The van der Waals surface area contributed by atoms with Crippen LogP contribution < -0.4 is 10.6 Å². The normalized spacial score (nSPS) is 13.7. The lowest BCUT2D eigenvalue weighted by atomic mass is 10.1. The van der Waals surface area contributed by atoms with E-state index in [1.54, 1.807) is 16.9 Å². The number of rotatable bonds is 3. The van der Waals surface area contributed by atoms with Gasteiger partial charge in [0, 0.05) is 42.9 Å². The second-order valence-corrected chi connectivity index (χ2v) is 5.16. The van der Waals surface area contributed by atoms with Crippen molar-refractivity contribution < 1.29 is 4.79 Å². The fourth-order valence-corrected chi connectivity index (χ4v) is 2.41. The second-order valence-electron chi connectivity index (χ2n) is 5.16. The predicted octanol–water partition coefficient (Wildman–Crippen LogP) is 1.51. The standard InChI is InChI=1S/C13H18N6O.ClH/c1-8(2)19-11(4-6-15-19)16-13(20)12-9-7-14-5-3-10(9)17-18-12;/h4,6,8,14H,3,5,7H2,1-2H3,(H,16,20)(H,17,18);1H. The number of nitrogens with zero attached hydrogens (tertiary/aromatic N) is 3. The third-order valence-corrected chi connectivity index (χ3v) is 3.42. The number of carbonyl (C=O) groups is 1. The Morgan fingerprint density at radius 3 is 3.05 bits per heavy atom. The summed E-state index contributed by atoms with van der Waals surface area (Å²) in [7, 11) is 0. The van der Waals surface area contributed by atoms with Crippen LogP contribution in [0.3, 0.4) is 0 Å². The molecular weight excluding hydrogens is 292 g/mol. The molecule has 0 fully saturated rings. The number of carbonyl (C=O) groups excluding carboxylic acids is 1. The van der Waals surface area contributed by atoms with Crippen LogP contribution in [0.25, 0.3) is 0 Å². The lowest BCUT2D eigenvalue weighted by Crippen LogP contribution is -2.25. The highest BCUT2D eigenvalue weighted by Gasteiger charge is 2.22. The minimum absolute atomic E-state index is 0. The van der Waals surface area contributed by atoms with E-state index in [0.29, 0.717) is 18.1 Å². The smallest absolute Gasteiger partial charge is 0.277 e. The monoisotopic (exact) mass is 310 g/mol. The molecule has 0 saturated carbocycles. The summed E-state index contributed by atoms with van der Waals surface area (Å²) in [5, 5.41) is 17.4. The maximum absolute atomic E-state index is 12.4. The largest absolute Gasteiger partial charge is 0.312 e. The summed E-state index contributed by atoms with van der Waals surface area (Å²) in [6.45, 7) is 5.63. The molecule has 0 aromatic carbocycles. The van der Waals surface area contributed by atoms with Crippen molar-refractivity contribution in [1.82, 2.24) is 25.3 Å². The van der Waals surface area contributed by atoms with E-state index in [1.807, 2.05) is 13.8 Å². The zero-order valence-electron chi connectivity index (χ0n) is 12.0. The first-order chi connectivity index (χ1) is 9.66. The summed E-state index contributed by atoms with van der Waals surface area (Å²) >= 11 is 0. The summed E-state index contributed by atoms with van der Waals surface area (Å²) in [5.41, 5.74) is 2.47. The maximum Gasteiger partial charge on any atom is 0.277 e. The number of anilines is 1. The predicted molar refractivity (Wildman–Crippen MR) is 81.8 cm³/mol. The van der Waals surface area contributed by atoms with Gasteiger partial charge in [-0.3, -0.25) is 9.89 Å². The maximum atomic E-state index is 12.4. The Kier molecular flexibility index (Phi) is 4.64. The van der Waals surface area contributed by atoms with Crippen LogP contribution >= 0.6 is 12.4 Å². The van der Waals surface area contributed by atoms with Crippen LogP contribution in [0.2, 0.25) is 0 Å². The molecule has 0 saturated heterocycles. The average Bonchev–Trinajstić information content (AvgIpc) is 3.04. The zero-order chi connectivity index (χ0) is 14.1. The number of H-pyrrole nitrogens is 1. The average molecular weight is 311 g/mol. The Balaban J connectivity index is 0.00000161. The first-order valence-corrected chi connectivity index (χ1v) is 6.78. The van der Waals surface area contributed by atoms with Crippen LogP contribution in [0.1, 0.15) is 41.6 Å². The topological polar surface area (TPSA) is 87.6 Å². The molecule has 2 aromatic rings. The molecule has 0 radical (unpaired) electrons. The van der Waals surface area contributed by atoms with Gasteiger partial charge in [-0.15, -0.1) is 12.4 Å². The molecule has 0 atom stereocenters. The summed E-state index contributed by atoms with van der Waals surface area (Å²) in [6, 6.07) is 1.98. The quantitative estimate of drug-likeness (QED) is 0.802. The van der Waals surface area contributed by atoms with E-state index in [1.165, 1.54) is 0 Å². The molecule has 2 aromatic heterocycles. The van der Waals surface area contributed by atoms with Gasteiger partial charge in [-0.1, -0.05) is 0 Å². The Hall–Kier alpha value is -1.86. The molecule has 114 valence electrons. The van der Waals surface area contributed by atoms with Crippen LogP contribution in [0.5, 0.6) is 0 Å². The molecule has 7 nitrogen and oxygen atoms in total. The molecule has 1 aliphatic rings. The van der Waals surface area contributed by atoms with Crippen molar-refractivity contribution in [3.8, 4) is 0 Å². The van der Waals surface area contributed by atoms with Gasteiger partial charge >= 0.3 is 0 Å². The van der Waals surface area contributed by atoms with E-state index < -0.39 is 0 Å². The highest BCUT2D eigenvalue weighted by molar-refractivity contribution is 6.03. The molecular formula is C13H19ClN6O. The number of nitrogens with one attached hydrogen (secondary N) is 3. The molecule has 8 heteroatoms. The van der Waals surface area contributed by atoms with E-state index in [0.717, 1.165) is 24.2 Å². The van der Waals surface area contributed by atoms with Gasteiger partial charge in [-0.25, -0.2) is 4.68 Å². The molecule has 1 aliphatic heterocycles. The van der Waals surface area contributed by atoms with Gasteiger partial charge in [-0.2, -0.15) is 10.2 Å². The molecule has 0 aliphatic carbocycles. The minimum atomic E-state index is -0.200. The summed E-state index contributed by atoms with van der Waals surface area (Å²) in [5.74, 6) is 0.485. The van der Waals surface area contributed by atoms with Crippen molar-refractivity contribution in [2.75, 3.05) is 11.9 Å². The van der Waals surface area contributed by atoms with Crippen molar-refractivity contribution >= 4 is 24.1 Å². The van der Waals surface area contributed by atoms with Gasteiger partial charge in [0.15, 0.2) is 5.69 Å². The molecule has 1 amide bonds. The SMILES string of the molecule is CC(C)n1nccc1NC(=O)c1n[nH]c2c1CNCC2.Cl. The van der Waals surface area contributed by atoms with Crippen LogP contribution in [0.4, 0.5) is 5.82 Å². The molecule has 0 spiro atoms. The van der Waals surface area contributed by atoms with Gasteiger partial charge in [0.25, 0.3) is 5.91 Å². The summed E-state index contributed by atoms with van der Waals surface area (Å²) in [6.07, 6.45) is 2.55. The van der Waals surface area contributed by atoms with E-state index in [4.69, 9.17) is 0 Å². The fraction of sp³-hybridized carbons (Fsp3) is 0.462. The van der Waals surface area contributed by atoms with E-state index >= 15 is 0 Å². The first kappa shape index (κ1) is 15.5. The highest BCUT2D eigenvalue weighted by atomic mass is 35.5. The first-order valence-electron chi connectivity index (χ1n) is 6.78. The van der Waals surface area contributed by atoms with Gasteiger partial charge in [0.1, 0.15) is 5.82 Å². The zero-order valence-corrected chi connectivity index (χ0v) is 12.8. The Bertz CT molecular complexity index is 632. The fourth-order valence-electron chi connectivity index (χ4n) is 2.41. The molecule has 3 rings (SSSR count). The minimum Gasteiger partial charge on any atom is -0.312 e. The van der Waals surface area contributed by atoms with Gasteiger partial charge in [0.05, 0.1) is 6.20 Å². The number of aromatic amines is 1. The van der Waals surface area contributed by atoms with Crippen molar-refractivity contribution in [3.05, 3.63) is 29.2 Å². The van der Waals surface area contributed by atoms with E-state index in [2.05, 4.69) is 25.9 Å². The van der Waals surface area contributed by atoms with Crippen LogP contribution in [0.15, 0.2) is 12.3 Å². The lowest BCUT2D eigenvalue weighted by molar-refractivity contribution is 0.102. The summed E-state index contributed by atoms with van der Waals surface area (Å²) < 4.78 is 1.77.